The van der Waals surface area contributed by atoms with Crippen LogP contribution < -0.4 is 10.6 Å². The van der Waals surface area contributed by atoms with Crippen LogP contribution >= 0.6 is 27.7 Å². The molecule has 6 rings (SSSR count). The summed E-state index contributed by atoms with van der Waals surface area (Å²) in [5, 5.41) is 24.2. The molecule has 40 heavy (non-hydrogen) atoms. The van der Waals surface area contributed by atoms with E-state index in [0.29, 0.717) is 25.9 Å². The minimum absolute atomic E-state index is 0.164. The topological polar surface area (TPSA) is 125 Å². The van der Waals surface area contributed by atoms with Crippen LogP contribution in [0.15, 0.2) is 70.6 Å². The highest BCUT2D eigenvalue weighted by Gasteiger charge is 2.10. The Morgan fingerprint density at radius 1 is 0.800 bits per heavy atom. The molecular formula is C28H31BrN8O2S. The molecule has 0 amide bonds. The first-order valence-electron chi connectivity index (χ1n) is 13.1. The second kappa shape index (κ2) is 13.3. The average molecular weight is 624 g/mol. The molecule has 10 nitrogen and oxygen atoms in total. The lowest BCUT2D eigenvalue weighted by Crippen LogP contribution is -2.07. The van der Waals surface area contributed by atoms with Crippen molar-refractivity contribution in [2.24, 2.45) is 0 Å². The van der Waals surface area contributed by atoms with E-state index in [0.717, 1.165) is 55.2 Å². The lowest BCUT2D eigenvalue weighted by Gasteiger charge is -2.10. The summed E-state index contributed by atoms with van der Waals surface area (Å²) in [7, 11) is 0. The number of aliphatic hydroxyl groups is 2. The zero-order valence-corrected chi connectivity index (χ0v) is 24.5. The van der Waals surface area contributed by atoms with Crippen molar-refractivity contribution in [2.45, 2.75) is 24.7 Å². The molecule has 0 saturated heterocycles. The van der Waals surface area contributed by atoms with Crippen molar-refractivity contribution < 1.29 is 10.2 Å². The Morgan fingerprint density at radius 2 is 1.35 bits per heavy atom. The van der Waals surface area contributed by atoms with Crippen molar-refractivity contribution in [3.8, 4) is 0 Å². The molecule has 4 aromatic heterocycles. The highest BCUT2D eigenvalue weighted by molar-refractivity contribution is 9.10. The van der Waals surface area contributed by atoms with Gasteiger partial charge >= 0.3 is 0 Å². The fourth-order valence-electron chi connectivity index (χ4n) is 4.34. The summed E-state index contributed by atoms with van der Waals surface area (Å²) in [5.74, 6) is 2.55. The van der Waals surface area contributed by atoms with E-state index in [1.54, 1.807) is 24.2 Å². The Morgan fingerprint density at radius 3 is 1.90 bits per heavy atom. The molecule has 208 valence electrons. The number of rotatable bonds is 10. The second-order valence-electron chi connectivity index (χ2n) is 8.89. The van der Waals surface area contributed by atoms with Crippen LogP contribution in [0.3, 0.4) is 0 Å². The number of halogens is 1. The maximum absolute atomic E-state index is 8.90. The number of hydrogen-bond donors (Lipinski definition) is 4. The molecule has 0 spiro atoms. The standard InChI is InChI=1S/C15H18N4OS.C13H13BrN4O/c1-2-21-11-4-5-13-12(10-11)18-14(16-6-3-9-20)15-17-7-8-19(13)15;14-9-2-3-11-10(8-9)17-12(15-4-1-7-19)13-16-5-6-18(11)13/h4-5,7-8,10,20H,2-3,6,9H2,1H3,(H,16,18);2-3,5-6,8,19H,1,4,7H2,(H,15,17). The van der Waals surface area contributed by atoms with Crippen LogP contribution in [0.2, 0.25) is 0 Å². The van der Waals surface area contributed by atoms with Gasteiger partial charge in [0.2, 0.25) is 0 Å². The van der Waals surface area contributed by atoms with Crippen molar-refractivity contribution in [3.63, 3.8) is 0 Å². The minimum Gasteiger partial charge on any atom is -0.396 e. The molecule has 6 aromatic rings. The Labute approximate surface area is 244 Å². The fourth-order valence-corrected chi connectivity index (χ4v) is 5.38. The summed E-state index contributed by atoms with van der Waals surface area (Å²) in [6, 6.07) is 12.3. The van der Waals surface area contributed by atoms with Crippen LogP contribution in [-0.2, 0) is 0 Å². The number of hydrogen-bond acceptors (Lipinski definition) is 9. The van der Waals surface area contributed by atoms with Crippen molar-refractivity contribution in [1.29, 1.82) is 0 Å². The number of nitrogens with zero attached hydrogens (tertiary/aromatic N) is 6. The monoisotopic (exact) mass is 622 g/mol. The molecule has 0 aliphatic heterocycles. The summed E-state index contributed by atoms with van der Waals surface area (Å²) in [5.41, 5.74) is 5.53. The molecule has 0 atom stereocenters. The Bertz CT molecular complexity index is 1740. The number of imidazole rings is 2. The van der Waals surface area contributed by atoms with E-state index < -0.39 is 0 Å². The largest absolute Gasteiger partial charge is 0.396 e. The smallest absolute Gasteiger partial charge is 0.180 e. The van der Waals surface area contributed by atoms with E-state index in [1.165, 1.54) is 4.90 Å². The van der Waals surface area contributed by atoms with Gasteiger partial charge in [-0.05, 0) is 55.0 Å². The maximum Gasteiger partial charge on any atom is 0.180 e. The number of benzene rings is 2. The zero-order valence-electron chi connectivity index (χ0n) is 22.1. The first-order valence-corrected chi connectivity index (χ1v) is 14.9. The number of anilines is 2. The van der Waals surface area contributed by atoms with E-state index in [4.69, 9.17) is 15.2 Å². The van der Waals surface area contributed by atoms with E-state index in [1.807, 2.05) is 39.4 Å². The molecule has 0 aliphatic rings. The van der Waals surface area contributed by atoms with E-state index in [9.17, 15) is 0 Å². The van der Waals surface area contributed by atoms with E-state index in [2.05, 4.69) is 66.6 Å². The Balaban J connectivity index is 0.000000162. The molecule has 0 radical (unpaired) electrons. The first-order chi connectivity index (χ1) is 19.6. The Kier molecular flexibility index (Phi) is 9.32. The summed E-state index contributed by atoms with van der Waals surface area (Å²) < 4.78 is 5.05. The van der Waals surface area contributed by atoms with Gasteiger partial charge in [-0.1, -0.05) is 22.9 Å². The van der Waals surface area contributed by atoms with Gasteiger partial charge < -0.3 is 20.8 Å². The SMILES string of the molecule is CCSc1ccc2c(c1)nc(NCCCO)c1nccn12.OCCCNc1nc2cc(Br)ccc2n2ccnc12. The Hall–Kier alpha value is -3.45. The summed E-state index contributed by atoms with van der Waals surface area (Å²) in [4.78, 5) is 19.2. The fraction of sp³-hybridized carbons (Fsp3) is 0.286. The highest BCUT2D eigenvalue weighted by atomic mass is 79.9. The van der Waals surface area contributed by atoms with E-state index in [-0.39, 0.29) is 13.2 Å². The van der Waals surface area contributed by atoms with Gasteiger partial charge in [-0.15, -0.1) is 11.8 Å². The van der Waals surface area contributed by atoms with Gasteiger partial charge in [-0.2, -0.15) is 0 Å². The molecule has 0 fully saturated rings. The number of thioether (sulfide) groups is 1. The minimum atomic E-state index is 0.164. The van der Waals surface area contributed by atoms with Crippen LogP contribution in [0, 0.1) is 0 Å². The van der Waals surface area contributed by atoms with Crippen molar-refractivity contribution >= 4 is 72.7 Å². The normalized spacial score (nSPS) is 11.3. The highest BCUT2D eigenvalue weighted by Crippen LogP contribution is 2.26. The zero-order chi connectivity index (χ0) is 27.9. The molecule has 4 N–H and O–H groups in total. The van der Waals surface area contributed by atoms with Gasteiger partial charge in [0.15, 0.2) is 22.9 Å². The van der Waals surface area contributed by atoms with E-state index >= 15 is 0 Å². The van der Waals surface area contributed by atoms with Gasteiger partial charge in [0.05, 0.1) is 22.1 Å². The predicted molar refractivity (Wildman–Crippen MR) is 165 cm³/mol. The van der Waals surface area contributed by atoms with Gasteiger partial charge in [-0.25, -0.2) is 19.9 Å². The lowest BCUT2D eigenvalue weighted by molar-refractivity contribution is 0.292. The molecule has 12 heteroatoms. The molecule has 2 aromatic carbocycles. The third kappa shape index (κ3) is 6.15. The van der Waals surface area contributed by atoms with Crippen LogP contribution in [0.25, 0.3) is 33.4 Å². The average Bonchev–Trinajstić information content (AvgIpc) is 3.65. The number of aromatic nitrogens is 6. The molecule has 0 saturated carbocycles. The number of fused-ring (bicyclic) bond motifs is 6. The third-order valence-corrected chi connectivity index (χ3v) is 7.51. The van der Waals surface area contributed by atoms with Gasteiger partial charge in [0, 0.05) is 60.5 Å². The molecule has 0 aliphatic carbocycles. The second-order valence-corrected chi connectivity index (χ2v) is 11.1. The number of aliphatic hydroxyl groups excluding tert-OH is 2. The van der Waals surface area contributed by atoms with Crippen LogP contribution in [0.4, 0.5) is 11.6 Å². The van der Waals surface area contributed by atoms with Gasteiger partial charge in [0.25, 0.3) is 0 Å². The quantitative estimate of drug-likeness (QED) is 0.120. The first kappa shape index (κ1) is 28.1. The van der Waals surface area contributed by atoms with Gasteiger partial charge in [-0.3, -0.25) is 8.80 Å². The van der Waals surface area contributed by atoms with Crippen molar-refractivity contribution in [3.05, 3.63) is 65.7 Å². The van der Waals surface area contributed by atoms with Gasteiger partial charge in [0.1, 0.15) is 0 Å². The maximum atomic E-state index is 8.90. The third-order valence-electron chi connectivity index (χ3n) is 6.14. The van der Waals surface area contributed by atoms with Crippen LogP contribution in [0.5, 0.6) is 0 Å². The van der Waals surface area contributed by atoms with Crippen LogP contribution in [0.1, 0.15) is 19.8 Å². The molecule has 0 bridgehead atoms. The molecule has 4 heterocycles. The number of nitrogens with one attached hydrogen (secondary N) is 2. The summed E-state index contributed by atoms with van der Waals surface area (Å²) >= 11 is 5.26. The summed E-state index contributed by atoms with van der Waals surface area (Å²) in [6.07, 6.45) is 8.79. The molecule has 0 unspecified atom stereocenters. The van der Waals surface area contributed by atoms with Crippen molar-refractivity contribution in [2.75, 3.05) is 42.7 Å². The summed E-state index contributed by atoms with van der Waals surface area (Å²) in [6.45, 7) is 3.83. The lowest BCUT2D eigenvalue weighted by atomic mass is 10.3. The predicted octanol–water partition coefficient (Wildman–Crippen LogP) is 5.23. The van der Waals surface area contributed by atoms with Crippen molar-refractivity contribution in [1.82, 2.24) is 28.7 Å². The molecular weight excluding hydrogens is 592 g/mol. The van der Waals surface area contributed by atoms with Crippen LogP contribution in [-0.4, -0.2) is 71.0 Å².